The molecule has 0 spiro atoms. The van der Waals surface area contributed by atoms with Crippen molar-refractivity contribution in [3.63, 3.8) is 0 Å². The van der Waals surface area contributed by atoms with E-state index in [0.717, 1.165) is 0 Å². The number of hydrogen-bond acceptors (Lipinski definition) is 0. The fraction of sp³-hybridized carbons (Fsp3) is 0.455. The number of halogens is 2. The van der Waals surface area contributed by atoms with Crippen molar-refractivity contribution in [3.05, 3.63) is 30.3 Å². The average molecular weight is 259 g/mol. The standard InChI is InChI=1S/C11H16F2Ge/c1-11(2,3)9-14(12,13)10-7-5-4-6-8-10/h4-8H,9H2,1-3H3. The van der Waals surface area contributed by atoms with Gasteiger partial charge in [0.15, 0.2) is 0 Å². The van der Waals surface area contributed by atoms with Gasteiger partial charge in [-0.25, -0.2) is 0 Å². The normalized spacial score (nSPS) is 12.9. The van der Waals surface area contributed by atoms with E-state index < -0.39 is 14.2 Å². The van der Waals surface area contributed by atoms with Gasteiger partial charge in [-0.3, -0.25) is 0 Å². The van der Waals surface area contributed by atoms with Gasteiger partial charge in [0, 0.05) is 0 Å². The van der Waals surface area contributed by atoms with Crippen LogP contribution in [0.25, 0.3) is 0 Å². The molecule has 0 aliphatic heterocycles. The Morgan fingerprint density at radius 2 is 1.57 bits per heavy atom. The number of benzene rings is 1. The molecule has 3 heteroatoms. The van der Waals surface area contributed by atoms with Gasteiger partial charge in [-0.05, 0) is 0 Å². The molecule has 0 atom stereocenters. The first kappa shape index (κ1) is 11.7. The van der Waals surface area contributed by atoms with Crippen molar-refractivity contribution < 1.29 is 7.00 Å². The molecule has 0 heterocycles. The first-order valence-corrected chi connectivity index (χ1v) is 8.86. The second kappa shape index (κ2) is 4.01. The monoisotopic (exact) mass is 260 g/mol. The molecule has 0 saturated heterocycles. The molecular formula is C11H16F2Ge. The summed E-state index contributed by atoms with van der Waals surface area (Å²) in [6.07, 6.45) is 0. The third-order valence-corrected chi connectivity index (χ3v) is 7.58. The van der Waals surface area contributed by atoms with Crippen LogP contribution in [0.1, 0.15) is 20.8 Å². The van der Waals surface area contributed by atoms with Crippen molar-refractivity contribution in [1.82, 2.24) is 0 Å². The van der Waals surface area contributed by atoms with Crippen LogP contribution in [0.2, 0.25) is 5.25 Å². The number of rotatable bonds is 2. The van der Waals surface area contributed by atoms with Crippen LogP contribution in [-0.2, 0) is 0 Å². The quantitative estimate of drug-likeness (QED) is 0.714. The molecule has 0 unspecified atom stereocenters. The van der Waals surface area contributed by atoms with Crippen LogP contribution >= 0.6 is 0 Å². The van der Waals surface area contributed by atoms with Crippen LogP contribution in [-0.4, -0.2) is 14.2 Å². The van der Waals surface area contributed by atoms with Gasteiger partial charge in [0.25, 0.3) is 0 Å². The van der Waals surface area contributed by atoms with E-state index in [2.05, 4.69) is 0 Å². The Kier molecular flexibility index (Phi) is 3.35. The molecule has 0 saturated carbocycles. The third-order valence-electron chi connectivity index (χ3n) is 1.95. The average Bonchev–Trinajstić information content (AvgIpc) is 2.01. The topological polar surface area (TPSA) is 0 Å². The van der Waals surface area contributed by atoms with Gasteiger partial charge in [-0.2, -0.15) is 0 Å². The molecular weight excluding hydrogens is 243 g/mol. The van der Waals surface area contributed by atoms with Crippen LogP contribution in [0.5, 0.6) is 0 Å². The van der Waals surface area contributed by atoms with Gasteiger partial charge in [0.05, 0.1) is 0 Å². The fourth-order valence-electron chi connectivity index (χ4n) is 1.45. The van der Waals surface area contributed by atoms with E-state index in [0.29, 0.717) is 4.40 Å². The Labute approximate surface area is 87.7 Å². The molecule has 0 bridgehead atoms. The van der Waals surface area contributed by atoms with E-state index in [9.17, 15) is 7.00 Å². The van der Waals surface area contributed by atoms with E-state index in [1.807, 2.05) is 20.8 Å². The summed E-state index contributed by atoms with van der Waals surface area (Å²) in [6, 6.07) is 8.28. The minimum absolute atomic E-state index is 0.0665. The molecule has 0 amide bonds. The zero-order valence-corrected chi connectivity index (χ0v) is 10.9. The molecule has 1 aromatic carbocycles. The first-order valence-electron chi connectivity index (χ1n) is 4.75. The predicted molar refractivity (Wildman–Crippen MR) is 58.3 cm³/mol. The van der Waals surface area contributed by atoms with Gasteiger partial charge in [0.1, 0.15) is 0 Å². The second-order valence-corrected chi connectivity index (χ2v) is 9.72. The maximum atomic E-state index is 13.8. The summed E-state index contributed by atoms with van der Waals surface area (Å²) in [5.41, 5.74) is -0.278. The molecule has 0 nitrogen and oxygen atoms in total. The molecule has 0 radical (unpaired) electrons. The van der Waals surface area contributed by atoms with Crippen molar-refractivity contribution in [1.29, 1.82) is 0 Å². The minimum atomic E-state index is -4.74. The Morgan fingerprint density at radius 3 is 2.00 bits per heavy atom. The molecule has 0 aromatic heterocycles. The van der Waals surface area contributed by atoms with Gasteiger partial charge < -0.3 is 0 Å². The molecule has 14 heavy (non-hydrogen) atoms. The summed E-state index contributed by atoms with van der Waals surface area (Å²) in [4.78, 5) is 0. The Balaban J connectivity index is 2.86. The van der Waals surface area contributed by atoms with Crippen LogP contribution in [0, 0.1) is 5.41 Å². The summed E-state index contributed by atoms with van der Waals surface area (Å²) in [7, 11) is 0. The van der Waals surface area contributed by atoms with E-state index in [1.54, 1.807) is 30.3 Å². The van der Waals surface area contributed by atoms with E-state index >= 15 is 0 Å². The summed E-state index contributed by atoms with van der Waals surface area (Å²) in [5, 5.41) is 0.0665. The Bertz CT molecular complexity index is 288. The van der Waals surface area contributed by atoms with Crippen molar-refractivity contribution >= 4 is 18.6 Å². The van der Waals surface area contributed by atoms with Crippen molar-refractivity contribution in [2.45, 2.75) is 26.0 Å². The van der Waals surface area contributed by atoms with Crippen molar-refractivity contribution in [2.24, 2.45) is 5.41 Å². The first-order chi connectivity index (χ1) is 6.31. The molecule has 1 aromatic rings. The van der Waals surface area contributed by atoms with Crippen molar-refractivity contribution in [3.8, 4) is 0 Å². The van der Waals surface area contributed by atoms with Crippen molar-refractivity contribution in [2.75, 3.05) is 0 Å². The fourth-order valence-corrected chi connectivity index (χ4v) is 6.10. The summed E-state index contributed by atoms with van der Waals surface area (Å²) in [6.45, 7) is 5.61. The van der Waals surface area contributed by atoms with Gasteiger partial charge in [0.2, 0.25) is 0 Å². The Hall–Kier alpha value is -0.377. The summed E-state index contributed by atoms with van der Waals surface area (Å²) < 4.78 is 28.0. The maximum absolute atomic E-state index is 13.8. The molecule has 1 rings (SSSR count). The Morgan fingerprint density at radius 1 is 1.07 bits per heavy atom. The number of hydrogen-bond donors (Lipinski definition) is 0. The van der Waals surface area contributed by atoms with Crippen LogP contribution in [0.3, 0.4) is 0 Å². The van der Waals surface area contributed by atoms with E-state index in [1.165, 1.54) is 0 Å². The molecule has 78 valence electrons. The predicted octanol–water partition coefficient (Wildman–Crippen LogP) is 3.32. The zero-order valence-electron chi connectivity index (χ0n) is 8.85. The van der Waals surface area contributed by atoms with Gasteiger partial charge in [-0.1, -0.05) is 0 Å². The van der Waals surface area contributed by atoms with Gasteiger partial charge in [-0.15, -0.1) is 0 Å². The van der Waals surface area contributed by atoms with Crippen LogP contribution in [0.4, 0.5) is 7.00 Å². The molecule has 0 fully saturated rings. The summed E-state index contributed by atoms with van der Waals surface area (Å²) >= 11 is -4.74. The molecule has 0 aliphatic carbocycles. The van der Waals surface area contributed by atoms with E-state index in [4.69, 9.17) is 0 Å². The molecule has 0 N–H and O–H groups in total. The van der Waals surface area contributed by atoms with Crippen LogP contribution in [0.15, 0.2) is 30.3 Å². The van der Waals surface area contributed by atoms with Crippen LogP contribution < -0.4 is 4.40 Å². The third kappa shape index (κ3) is 3.41. The molecule has 0 aliphatic rings. The summed E-state index contributed by atoms with van der Waals surface area (Å²) in [5.74, 6) is 0. The zero-order chi connectivity index (χ0) is 10.8. The second-order valence-electron chi connectivity index (χ2n) is 4.81. The SMILES string of the molecule is CC(C)(C)[CH2][Ge]([F])([F])[c]1ccccc1. The van der Waals surface area contributed by atoms with E-state index in [-0.39, 0.29) is 10.7 Å². The van der Waals surface area contributed by atoms with Gasteiger partial charge >= 0.3 is 87.4 Å².